The molecule has 30 heavy (non-hydrogen) atoms. The average molecular weight is 438 g/mol. The van der Waals surface area contributed by atoms with Crippen LogP contribution < -0.4 is 10.7 Å². The SMILES string of the molecule is CC(=NNC(=O)[C@@H]1C[C@@H]1c1ccccc1)c1ccc(NC(=O)c2ccc(Cl)s2)cc1. The lowest BCUT2D eigenvalue weighted by Gasteiger charge is -2.06. The van der Waals surface area contributed by atoms with Gasteiger partial charge in [0.1, 0.15) is 0 Å². The van der Waals surface area contributed by atoms with Crippen LogP contribution in [-0.4, -0.2) is 17.5 Å². The zero-order chi connectivity index (χ0) is 21.1. The van der Waals surface area contributed by atoms with Crippen LogP contribution in [0.2, 0.25) is 4.34 Å². The van der Waals surface area contributed by atoms with Gasteiger partial charge in [0.25, 0.3) is 5.91 Å². The molecule has 3 aromatic rings. The molecular formula is C23H20ClN3O2S. The third kappa shape index (κ3) is 4.78. The van der Waals surface area contributed by atoms with Crippen LogP contribution in [0.15, 0.2) is 71.8 Å². The normalized spacial score (nSPS) is 18.0. The number of benzene rings is 2. The van der Waals surface area contributed by atoms with Crippen LogP contribution in [0.3, 0.4) is 0 Å². The predicted molar refractivity (Wildman–Crippen MR) is 121 cm³/mol. The molecule has 0 radical (unpaired) electrons. The summed E-state index contributed by atoms with van der Waals surface area (Å²) in [6.45, 7) is 1.84. The molecule has 2 aromatic carbocycles. The summed E-state index contributed by atoms with van der Waals surface area (Å²) in [6.07, 6.45) is 0.855. The molecule has 0 spiro atoms. The first-order valence-electron chi connectivity index (χ1n) is 9.57. The molecule has 1 aromatic heterocycles. The van der Waals surface area contributed by atoms with Crippen molar-refractivity contribution in [2.24, 2.45) is 11.0 Å². The van der Waals surface area contributed by atoms with Crippen molar-refractivity contribution in [3.8, 4) is 0 Å². The Morgan fingerprint density at radius 3 is 2.43 bits per heavy atom. The zero-order valence-corrected chi connectivity index (χ0v) is 17.8. The maximum atomic E-state index is 12.4. The van der Waals surface area contributed by atoms with E-state index < -0.39 is 0 Å². The summed E-state index contributed by atoms with van der Waals surface area (Å²) in [7, 11) is 0. The molecule has 1 aliphatic carbocycles. The largest absolute Gasteiger partial charge is 0.321 e. The van der Waals surface area contributed by atoms with Crippen LogP contribution in [0.4, 0.5) is 5.69 Å². The Bertz CT molecular complexity index is 1090. The van der Waals surface area contributed by atoms with Gasteiger partial charge in [0.15, 0.2) is 0 Å². The summed E-state index contributed by atoms with van der Waals surface area (Å²) in [4.78, 5) is 25.1. The van der Waals surface area contributed by atoms with E-state index in [0.717, 1.165) is 12.0 Å². The highest BCUT2D eigenvalue weighted by Gasteiger charge is 2.43. The zero-order valence-electron chi connectivity index (χ0n) is 16.3. The van der Waals surface area contributed by atoms with Crippen molar-refractivity contribution in [3.05, 3.63) is 87.1 Å². The fourth-order valence-electron chi connectivity index (χ4n) is 3.26. The van der Waals surface area contributed by atoms with Crippen molar-refractivity contribution in [2.75, 3.05) is 5.32 Å². The fourth-order valence-corrected chi connectivity index (χ4v) is 4.20. The van der Waals surface area contributed by atoms with Gasteiger partial charge in [-0.3, -0.25) is 9.59 Å². The predicted octanol–water partition coefficient (Wildman–Crippen LogP) is 5.30. The average Bonchev–Trinajstić information content (AvgIpc) is 3.46. The third-order valence-corrected chi connectivity index (χ3v) is 6.28. The smallest absolute Gasteiger partial charge is 0.265 e. The van der Waals surface area contributed by atoms with E-state index in [1.54, 1.807) is 24.3 Å². The summed E-state index contributed by atoms with van der Waals surface area (Å²) < 4.78 is 0.575. The second kappa shape index (κ2) is 8.81. The molecule has 1 aliphatic rings. The van der Waals surface area contributed by atoms with Gasteiger partial charge < -0.3 is 5.32 Å². The van der Waals surface area contributed by atoms with Gasteiger partial charge in [0, 0.05) is 11.6 Å². The van der Waals surface area contributed by atoms with Gasteiger partial charge in [-0.25, -0.2) is 5.43 Å². The number of hydrogen-bond donors (Lipinski definition) is 2. The number of amides is 2. The first-order valence-corrected chi connectivity index (χ1v) is 10.8. The minimum absolute atomic E-state index is 0.0210. The highest BCUT2D eigenvalue weighted by molar-refractivity contribution is 7.18. The Kier molecular flexibility index (Phi) is 5.97. The number of thiophene rings is 1. The molecule has 7 heteroatoms. The summed E-state index contributed by atoms with van der Waals surface area (Å²) >= 11 is 7.11. The van der Waals surface area contributed by atoms with Crippen molar-refractivity contribution < 1.29 is 9.59 Å². The van der Waals surface area contributed by atoms with Crippen LogP contribution in [-0.2, 0) is 4.79 Å². The summed E-state index contributed by atoms with van der Waals surface area (Å²) in [5.41, 5.74) is 6.11. The van der Waals surface area contributed by atoms with E-state index in [1.807, 2.05) is 37.3 Å². The van der Waals surface area contributed by atoms with Crippen molar-refractivity contribution in [1.82, 2.24) is 5.43 Å². The van der Waals surface area contributed by atoms with Crippen molar-refractivity contribution >= 4 is 46.2 Å². The molecule has 0 saturated heterocycles. The van der Waals surface area contributed by atoms with Crippen LogP contribution >= 0.6 is 22.9 Å². The first-order chi connectivity index (χ1) is 14.5. The fraction of sp³-hybridized carbons (Fsp3) is 0.174. The van der Waals surface area contributed by atoms with E-state index in [0.29, 0.717) is 20.6 Å². The quantitative estimate of drug-likeness (QED) is 0.406. The number of rotatable bonds is 6. The maximum absolute atomic E-state index is 12.4. The molecule has 2 N–H and O–H groups in total. The number of halogens is 1. The Morgan fingerprint density at radius 1 is 1.03 bits per heavy atom. The molecule has 0 aliphatic heterocycles. The van der Waals surface area contributed by atoms with Crippen LogP contribution in [0.1, 0.15) is 40.1 Å². The Balaban J connectivity index is 1.32. The van der Waals surface area contributed by atoms with E-state index in [4.69, 9.17) is 11.6 Å². The van der Waals surface area contributed by atoms with Crippen molar-refractivity contribution in [2.45, 2.75) is 19.3 Å². The number of hydrazone groups is 1. The van der Waals surface area contributed by atoms with Gasteiger partial charge in [0.05, 0.1) is 14.9 Å². The minimum Gasteiger partial charge on any atom is -0.321 e. The van der Waals surface area contributed by atoms with Gasteiger partial charge in [0.2, 0.25) is 5.91 Å². The number of anilines is 1. The van der Waals surface area contributed by atoms with Crippen LogP contribution in [0.5, 0.6) is 0 Å². The second-order valence-electron chi connectivity index (χ2n) is 7.17. The lowest BCUT2D eigenvalue weighted by molar-refractivity contribution is -0.122. The van der Waals surface area contributed by atoms with E-state index in [2.05, 4.69) is 28.0 Å². The van der Waals surface area contributed by atoms with Crippen LogP contribution in [0.25, 0.3) is 0 Å². The third-order valence-electron chi connectivity index (χ3n) is 5.05. The van der Waals surface area contributed by atoms with Crippen molar-refractivity contribution in [1.29, 1.82) is 0 Å². The summed E-state index contributed by atoms with van der Waals surface area (Å²) in [5.74, 6) is 0.00604. The Morgan fingerprint density at radius 2 is 1.77 bits per heavy atom. The first kappa shape index (κ1) is 20.3. The number of carbonyl (C=O) groups excluding carboxylic acids is 2. The molecule has 2 amide bonds. The summed E-state index contributed by atoms with van der Waals surface area (Å²) in [5, 5.41) is 7.08. The lowest BCUT2D eigenvalue weighted by Crippen LogP contribution is -2.21. The van der Waals surface area contributed by atoms with E-state index in [-0.39, 0.29) is 23.7 Å². The van der Waals surface area contributed by atoms with Gasteiger partial charge in [-0.05, 0) is 54.7 Å². The van der Waals surface area contributed by atoms with Gasteiger partial charge >= 0.3 is 0 Å². The lowest BCUT2D eigenvalue weighted by atomic mass is 10.1. The molecule has 152 valence electrons. The molecular weight excluding hydrogens is 418 g/mol. The molecule has 5 nitrogen and oxygen atoms in total. The molecule has 1 saturated carbocycles. The molecule has 0 unspecified atom stereocenters. The maximum Gasteiger partial charge on any atom is 0.265 e. The Hall–Kier alpha value is -2.96. The van der Waals surface area contributed by atoms with E-state index in [1.165, 1.54) is 16.9 Å². The molecule has 0 bridgehead atoms. The Labute approximate surface area is 183 Å². The topological polar surface area (TPSA) is 70.6 Å². The van der Waals surface area contributed by atoms with Gasteiger partial charge in [-0.15, -0.1) is 11.3 Å². The minimum atomic E-state index is -0.199. The second-order valence-corrected chi connectivity index (χ2v) is 8.88. The number of hydrogen-bond acceptors (Lipinski definition) is 4. The van der Waals surface area contributed by atoms with E-state index in [9.17, 15) is 9.59 Å². The molecule has 1 heterocycles. The molecule has 1 fully saturated rings. The van der Waals surface area contributed by atoms with Crippen LogP contribution in [0, 0.1) is 5.92 Å². The highest BCUT2D eigenvalue weighted by Crippen LogP contribution is 2.47. The number of nitrogens with zero attached hydrogens (tertiary/aromatic N) is 1. The van der Waals surface area contributed by atoms with Crippen molar-refractivity contribution in [3.63, 3.8) is 0 Å². The summed E-state index contributed by atoms with van der Waals surface area (Å²) in [6, 6.07) is 20.8. The highest BCUT2D eigenvalue weighted by atomic mass is 35.5. The molecule has 4 rings (SSSR count). The standard InChI is InChI=1S/C23H20ClN3O2S/c1-14(26-27-22(28)19-13-18(19)16-5-3-2-4-6-16)15-7-9-17(10-8-15)25-23(29)20-11-12-21(24)30-20/h2-12,18-19H,13H2,1H3,(H,25,29)(H,27,28)/t18-,19-/m1/s1. The van der Waals surface area contributed by atoms with Gasteiger partial charge in [-0.1, -0.05) is 54.1 Å². The monoisotopic (exact) mass is 437 g/mol. The number of nitrogens with one attached hydrogen (secondary N) is 2. The number of carbonyl (C=O) groups is 2. The van der Waals surface area contributed by atoms with E-state index >= 15 is 0 Å². The van der Waals surface area contributed by atoms with Gasteiger partial charge in [-0.2, -0.15) is 5.10 Å². The molecule has 2 atom stereocenters.